The van der Waals surface area contributed by atoms with Crippen LogP contribution >= 0.6 is 11.8 Å². The van der Waals surface area contributed by atoms with Gasteiger partial charge in [-0.3, -0.25) is 9.59 Å². The van der Waals surface area contributed by atoms with E-state index >= 15 is 0 Å². The minimum atomic E-state index is -1.03. The number of fused-ring (bicyclic) bond motifs is 1. The predicted molar refractivity (Wildman–Crippen MR) is 97.4 cm³/mol. The van der Waals surface area contributed by atoms with E-state index in [0.29, 0.717) is 12.3 Å². The second kappa shape index (κ2) is 7.75. The Bertz CT molecular complexity index is 739. The number of carbonyl (C=O) groups excluding carboxylic acids is 1. The van der Waals surface area contributed by atoms with E-state index in [2.05, 4.69) is 24.1 Å². The van der Waals surface area contributed by atoms with Crippen molar-refractivity contribution in [2.45, 2.75) is 50.3 Å². The molecule has 0 radical (unpaired) electrons. The molecule has 0 bridgehead atoms. The lowest BCUT2D eigenvalue weighted by Gasteiger charge is -2.19. The highest BCUT2D eigenvalue weighted by Crippen LogP contribution is 2.35. The number of amides is 1. The van der Waals surface area contributed by atoms with Crippen molar-refractivity contribution < 1.29 is 14.7 Å². The summed E-state index contributed by atoms with van der Waals surface area (Å²) in [5.41, 5.74) is 2.19. The SMILES string of the molecule is Cc1cccc2[nH]cc(S[C@H](CC(C)C)C(=O)NC(C)C(=O)O)c12. The molecular formula is C18H24N2O3S. The fourth-order valence-corrected chi connectivity index (χ4v) is 4.06. The molecule has 0 fully saturated rings. The second-order valence-electron chi connectivity index (χ2n) is 6.45. The van der Waals surface area contributed by atoms with Gasteiger partial charge < -0.3 is 15.4 Å². The Morgan fingerprint density at radius 1 is 1.29 bits per heavy atom. The van der Waals surface area contributed by atoms with Crippen LogP contribution in [0.4, 0.5) is 0 Å². The number of rotatable bonds is 7. The summed E-state index contributed by atoms with van der Waals surface area (Å²) in [6.45, 7) is 7.64. The Morgan fingerprint density at radius 3 is 2.62 bits per heavy atom. The predicted octanol–water partition coefficient (Wildman–Crippen LogP) is 3.57. The number of aryl methyl sites for hydroxylation is 1. The van der Waals surface area contributed by atoms with E-state index in [1.165, 1.54) is 18.7 Å². The van der Waals surface area contributed by atoms with Crippen LogP contribution in [0.1, 0.15) is 32.8 Å². The van der Waals surface area contributed by atoms with Gasteiger partial charge in [0.1, 0.15) is 6.04 Å². The summed E-state index contributed by atoms with van der Waals surface area (Å²) in [6, 6.07) is 5.16. The maximum atomic E-state index is 12.5. The number of thioether (sulfide) groups is 1. The highest BCUT2D eigenvalue weighted by atomic mass is 32.2. The first-order valence-electron chi connectivity index (χ1n) is 8.06. The quantitative estimate of drug-likeness (QED) is 0.668. The van der Waals surface area contributed by atoms with E-state index in [-0.39, 0.29) is 11.2 Å². The van der Waals surface area contributed by atoms with Crippen molar-refractivity contribution in [2.75, 3.05) is 0 Å². The summed E-state index contributed by atoms with van der Waals surface area (Å²) in [7, 11) is 0. The van der Waals surface area contributed by atoms with Gasteiger partial charge in [-0.1, -0.05) is 26.0 Å². The number of hydrogen-bond donors (Lipinski definition) is 3. The summed E-state index contributed by atoms with van der Waals surface area (Å²) >= 11 is 1.49. The molecule has 2 rings (SSSR count). The number of carbonyl (C=O) groups is 2. The maximum absolute atomic E-state index is 12.5. The fraction of sp³-hybridized carbons (Fsp3) is 0.444. The van der Waals surface area contributed by atoms with Crippen LogP contribution in [0.2, 0.25) is 0 Å². The number of aliphatic carboxylic acids is 1. The summed E-state index contributed by atoms with van der Waals surface area (Å²) in [4.78, 5) is 27.8. The lowest BCUT2D eigenvalue weighted by atomic mass is 10.1. The van der Waals surface area contributed by atoms with Crippen LogP contribution in [0.25, 0.3) is 10.9 Å². The van der Waals surface area contributed by atoms with Gasteiger partial charge in [0.25, 0.3) is 0 Å². The summed E-state index contributed by atoms with van der Waals surface area (Å²) in [6.07, 6.45) is 2.60. The van der Waals surface area contributed by atoms with Gasteiger partial charge in [0, 0.05) is 22.0 Å². The molecule has 0 saturated heterocycles. The Kier molecular flexibility index (Phi) is 5.94. The monoisotopic (exact) mass is 348 g/mol. The van der Waals surface area contributed by atoms with Gasteiger partial charge in [-0.15, -0.1) is 11.8 Å². The first kappa shape index (κ1) is 18.4. The summed E-state index contributed by atoms with van der Waals surface area (Å²) in [5, 5.41) is 12.4. The van der Waals surface area contributed by atoms with Crippen molar-refractivity contribution in [3.63, 3.8) is 0 Å². The van der Waals surface area contributed by atoms with E-state index in [1.54, 1.807) is 0 Å². The minimum absolute atomic E-state index is 0.230. The normalized spacial score (nSPS) is 13.9. The van der Waals surface area contributed by atoms with Gasteiger partial charge in [-0.05, 0) is 37.8 Å². The highest BCUT2D eigenvalue weighted by Gasteiger charge is 2.25. The van der Waals surface area contributed by atoms with Gasteiger partial charge in [-0.25, -0.2) is 0 Å². The molecule has 1 amide bonds. The third kappa shape index (κ3) is 4.32. The molecule has 24 heavy (non-hydrogen) atoms. The molecule has 0 aliphatic carbocycles. The molecule has 0 aliphatic rings. The maximum Gasteiger partial charge on any atom is 0.325 e. The van der Waals surface area contributed by atoms with Crippen LogP contribution in [0.15, 0.2) is 29.3 Å². The molecule has 5 nitrogen and oxygen atoms in total. The van der Waals surface area contributed by atoms with E-state index in [1.807, 2.05) is 31.3 Å². The van der Waals surface area contributed by atoms with Crippen LogP contribution in [0.3, 0.4) is 0 Å². The molecule has 1 aromatic heterocycles. The summed E-state index contributed by atoms with van der Waals surface area (Å²) < 4.78 is 0. The zero-order valence-corrected chi connectivity index (χ0v) is 15.2. The number of benzene rings is 1. The first-order chi connectivity index (χ1) is 11.3. The van der Waals surface area contributed by atoms with Crippen molar-refractivity contribution >= 4 is 34.5 Å². The third-order valence-corrected chi connectivity index (χ3v) is 5.12. The summed E-state index contributed by atoms with van der Waals surface area (Å²) in [5.74, 6) is -0.925. The Balaban J connectivity index is 2.24. The van der Waals surface area contributed by atoms with Crippen LogP contribution < -0.4 is 5.32 Å². The smallest absolute Gasteiger partial charge is 0.325 e. The molecule has 0 saturated carbocycles. The van der Waals surface area contributed by atoms with Crippen molar-refractivity contribution in [1.29, 1.82) is 0 Å². The largest absolute Gasteiger partial charge is 0.480 e. The van der Waals surface area contributed by atoms with Crippen LogP contribution in [-0.2, 0) is 9.59 Å². The number of aromatic amines is 1. The number of nitrogens with one attached hydrogen (secondary N) is 2. The molecule has 0 spiro atoms. The average molecular weight is 348 g/mol. The van der Waals surface area contributed by atoms with Crippen LogP contribution in [0.5, 0.6) is 0 Å². The van der Waals surface area contributed by atoms with Crippen molar-refractivity contribution in [2.24, 2.45) is 5.92 Å². The van der Waals surface area contributed by atoms with Gasteiger partial charge in [0.05, 0.1) is 5.25 Å². The molecular weight excluding hydrogens is 324 g/mol. The molecule has 0 aliphatic heterocycles. The molecule has 1 unspecified atom stereocenters. The van der Waals surface area contributed by atoms with Gasteiger partial charge in [-0.2, -0.15) is 0 Å². The van der Waals surface area contributed by atoms with E-state index in [4.69, 9.17) is 5.11 Å². The molecule has 3 N–H and O–H groups in total. The number of H-pyrrole nitrogens is 1. The lowest BCUT2D eigenvalue weighted by Crippen LogP contribution is -2.43. The van der Waals surface area contributed by atoms with Crippen molar-refractivity contribution in [3.05, 3.63) is 30.0 Å². The van der Waals surface area contributed by atoms with Gasteiger partial charge in [0.15, 0.2) is 0 Å². The highest BCUT2D eigenvalue weighted by molar-refractivity contribution is 8.00. The van der Waals surface area contributed by atoms with Crippen molar-refractivity contribution in [3.8, 4) is 0 Å². The molecule has 1 heterocycles. The van der Waals surface area contributed by atoms with Crippen LogP contribution in [-0.4, -0.2) is 33.3 Å². The van der Waals surface area contributed by atoms with Crippen LogP contribution in [0, 0.1) is 12.8 Å². The van der Waals surface area contributed by atoms with Crippen molar-refractivity contribution in [1.82, 2.24) is 10.3 Å². The Morgan fingerprint density at radius 2 is 2.00 bits per heavy atom. The standard InChI is InChI=1S/C18H24N2O3S/c1-10(2)8-14(17(21)20-12(4)18(22)23)24-15-9-19-13-7-5-6-11(3)16(13)15/h5-7,9-10,12,14,19H,8H2,1-4H3,(H,20,21)(H,22,23)/t12?,14-/m1/s1. The molecule has 2 atom stereocenters. The first-order valence-corrected chi connectivity index (χ1v) is 8.94. The molecule has 1 aromatic carbocycles. The Labute approximate surface area is 146 Å². The Hall–Kier alpha value is -1.95. The van der Waals surface area contributed by atoms with Gasteiger partial charge >= 0.3 is 5.97 Å². The average Bonchev–Trinajstić information content (AvgIpc) is 2.90. The third-order valence-electron chi connectivity index (χ3n) is 3.85. The topological polar surface area (TPSA) is 82.2 Å². The zero-order valence-electron chi connectivity index (χ0n) is 14.4. The van der Waals surface area contributed by atoms with E-state index in [0.717, 1.165) is 21.4 Å². The lowest BCUT2D eigenvalue weighted by molar-refractivity contribution is -0.141. The molecule has 130 valence electrons. The zero-order chi connectivity index (χ0) is 17.9. The molecule has 6 heteroatoms. The van der Waals surface area contributed by atoms with Gasteiger partial charge in [0.2, 0.25) is 5.91 Å². The van der Waals surface area contributed by atoms with E-state index < -0.39 is 12.0 Å². The number of carboxylic acid groups (broad SMARTS) is 1. The fourth-order valence-electron chi connectivity index (χ4n) is 2.58. The van der Waals surface area contributed by atoms with E-state index in [9.17, 15) is 9.59 Å². The number of hydrogen-bond acceptors (Lipinski definition) is 3. The molecule has 2 aromatic rings. The number of carboxylic acids is 1. The second-order valence-corrected chi connectivity index (χ2v) is 7.70. The minimum Gasteiger partial charge on any atom is -0.480 e. The number of aromatic nitrogens is 1.